The highest BCUT2D eigenvalue weighted by molar-refractivity contribution is 9.11. The van der Waals surface area contributed by atoms with Crippen LogP contribution in [0.5, 0.6) is 11.5 Å². The van der Waals surface area contributed by atoms with Crippen molar-refractivity contribution in [3.63, 3.8) is 0 Å². The van der Waals surface area contributed by atoms with Crippen LogP contribution >= 0.6 is 15.9 Å². The predicted molar refractivity (Wildman–Crippen MR) is 241 cm³/mol. The van der Waals surface area contributed by atoms with Crippen LogP contribution in [-0.2, 0) is 41.4 Å². The van der Waals surface area contributed by atoms with E-state index < -0.39 is 53.8 Å². The first-order chi connectivity index (χ1) is 29.1. The molecule has 332 valence electrons. The van der Waals surface area contributed by atoms with E-state index in [0.717, 1.165) is 21.2 Å². The van der Waals surface area contributed by atoms with Crippen molar-refractivity contribution in [1.29, 1.82) is 0 Å². The Kier molecular flexibility index (Phi) is 13.8. The topological polar surface area (TPSA) is 147 Å². The van der Waals surface area contributed by atoms with E-state index in [1.165, 1.54) is 38.4 Å². The molecule has 2 unspecified atom stereocenters. The number of hydrogen-bond acceptors (Lipinski definition) is 9. The largest absolute Gasteiger partial charge is 0.469 e. The Morgan fingerprint density at radius 3 is 2.42 bits per heavy atom. The number of halogens is 3. The summed E-state index contributed by atoms with van der Waals surface area (Å²) < 4.78 is 96.3. The summed E-state index contributed by atoms with van der Waals surface area (Å²) in [6, 6.07) is 20.3. The highest BCUT2D eigenvalue weighted by atomic mass is 79.9. The molecule has 0 saturated carbocycles. The minimum absolute atomic E-state index is 0.0478. The zero-order chi connectivity index (χ0) is 45.3. The SMILES string of the molecule is COC(=O)[C@H](C)Cc1cccc(C(C)(CCCC(C)(C)CS(=O)(=O)CCO)n2ccc(-c3cc(Oc4ccc5c(ccn5S(=O)(=O)C5(C)CC=C(Br)C=C5F)c4)ccc3F)n2)c1. The summed E-state index contributed by atoms with van der Waals surface area (Å²) in [6.45, 7) is 8.54. The normalized spacial score (nSPS) is 17.6. The maximum absolute atomic E-state index is 15.7. The van der Waals surface area contributed by atoms with Crippen molar-refractivity contribution in [2.75, 3.05) is 25.2 Å². The quantitative estimate of drug-likeness (QED) is 0.0849. The van der Waals surface area contributed by atoms with Gasteiger partial charge in [0.2, 0.25) is 0 Å². The van der Waals surface area contributed by atoms with Crippen molar-refractivity contribution in [2.24, 2.45) is 11.3 Å². The molecule has 0 bridgehead atoms. The summed E-state index contributed by atoms with van der Waals surface area (Å²) in [5.41, 5.74) is 1.29. The number of nitrogens with zero attached hydrogens (tertiary/aromatic N) is 3. The molecular weight excluding hydrogens is 905 g/mol. The highest BCUT2D eigenvalue weighted by Gasteiger charge is 2.46. The van der Waals surface area contributed by atoms with E-state index in [4.69, 9.17) is 14.6 Å². The summed E-state index contributed by atoms with van der Waals surface area (Å²) in [7, 11) is -6.32. The predicted octanol–water partition coefficient (Wildman–Crippen LogP) is 9.63. The number of aliphatic hydroxyl groups excluding tert-OH is 1. The number of ether oxygens (including phenoxy) is 2. The number of fused-ring (bicyclic) bond motifs is 1. The minimum atomic E-state index is -4.22. The van der Waals surface area contributed by atoms with Gasteiger partial charge in [0.25, 0.3) is 10.0 Å². The maximum atomic E-state index is 15.7. The van der Waals surface area contributed by atoms with Crippen molar-refractivity contribution in [1.82, 2.24) is 13.8 Å². The number of methoxy groups -OCH3 is 1. The summed E-state index contributed by atoms with van der Waals surface area (Å²) in [5.74, 6) is -1.71. The van der Waals surface area contributed by atoms with Gasteiger partial charge in [-0.05, 0) is 111 Å². The van der Waals surface area contributed by atoms with E-state index in [1.807, 2.05) is 45.0 Å². The summed E-state index contributed by atoms with van der Waals surface area (Å²) >= 11 is 3.22. The van der Waals surface area contributed by atoms with Crippen LogP contribution in [0.3, 0.4) is 0 Å². The second-order valence-corrected chi connectivity index (χ2v) is 22.5. The van der Waals surface area contributed by atoms with Gasteiger partial charge in [-0.25, -0.2) is 29.6 Å². The molecule has 16 heteroatoms. The van der Waals surface area contributed by atoms with Gasteiger partial charge in [0, 0.05) is 27.8 Å². The van der Waals surface area contributed by atoms with Crippen LogP contribution in [-0.4, -0.2) is 71.6 Å². The molecule has 1 aliphatic rings. The Morgan fingerprint density at radius 2 is 1.71 bits per heavy atom. The van der Waals surface area contributed by atoms with Gasteiger partial charge in [0.1, 0.15) is 27.9 Å². The number of carbonyl (C=O) groups is 1. The average Bonchev–Trinajstić information content (AvgIpc) is 3.88. The van der Waals surface area contributed by atoms with Gasteiger partial charge in [0.05, 0.1) is 47.9 Å². The molecule has 2 heterocycles. The third kappa shape index (κ3) is 9.93. The molecule has 2 aromatic heterocycles. The number of hydrogen-bond donors (Lipinski definition) is 1. The lowest BCUT2D eigenvalue weighted by Gasteiger charge is -2.33. The molecule has 0 aliphatic heterocycles. The average molecular weight is 957 g/mol. The fourth-order valence-electron chi connectivity index (χ4n) is 8.03. The molecule has 0 spiro atoms. The minimum Gasteiger partial charge on any atom is -0.469 e. The molecule has 1 N–H and O–H groups in total. The molecule has 0 amide bonds. The molecule has 0 radical (unpaired) electrons. The van der Waals surface area contributed by atoms with E-state index in [-0.39, 0.29) is 35.4 Å². The van der Waals surface area contributed by atoms with Gasteiger partial charge in [-0.15, -0.1) is 0 Å². The number of benzene rings is 3. The van der Waals surface area contributed by atoms with Crippen LogP contribution in [0.4, 0.5) is 8.78 Å². The summed E-state index contributed by atoms with van der Waals surface area (Å²) in [5, 5.41) is 14.7. The smallest absolute Gasteiger partial charge is 0.308 e. The Hall–Kier alpha value is -4.64. The van der Waals surface area contributed by atoms with Crippen LogP contribution < -0.4 is 4.74 Å². The molecule has 6 rings (SSSR count). The second kappa shape index (κ2) is 18.2. The molecule has 0 saturated heterocycles. The number of esters is 1. The molecule has 1 aliphatic carbocycles. The maximum Gasteiger partial charge on any atom is 0.308 e. The van der Waals surface area contributed by atoms with Crippen molar-refractivity contribution >= 4 is 52.7 Å². The lowest BCUT2D eigenvalue weighted by Crippen LogP contribution is -2.40. The van der Waals surface area contributed by atoms with Gasteiger partial charge < -0.3 is 14.6 Å². The van der Waals surface area contributed by atoms with E-state index in [0.29, 0.717) is 58.3 Å². The summed E-state index contributed by atoms with van der Waals surface area (Å²) in [6.07, 6.45) is 8.05. The summed E-state index contributed by atoms with van der Waals surface area (Å²) in [4.78, 5) is 12.3. The molecule has 3 aromatic carbocycles. The zero-order valence-electron chi connectivity index (χ0n) is 35.6. The van der Waals surface area contributed by atoms with Gasteiger partial charge in [-0.1, -0.05) is 73.5 Å². The van der Waals surface area contributed by atoms with Gasteiger partial charge >= 0.3 is 5.97 Å². The number of sulfone groups is 1. The molecule has 3 atom stereocenters. The number of carbonyl (C=O) groups excluding carboxylic acids is 1. The number of allylic oxidation sites excluding steroid dienone is 3. The molecule has 5 aromatic rings. The van der Waals surface area contributed by atoms with Crippen LogP contribution in [0.15, 0.2) is 108 Å². The Balaban J connectivity index is 1.28. The molecule has 62 heavy (non-hydrogen) atoms. The number of aliphatic hydroxyl groups is 1. The van der Waals surface area contributed by atoms with E-state index in [2.05, 4.69) is 15.9 Å². The highest BCUT2D eigenvalue weighted by Crippen LogP contribution is 2.41. The van der Waals surface area contributed by atoms with Crippen LogP contribution in [0.25, 0.3) is 22.2 Å². The van der Waals surface area contributed by atoms with Gasteiger partial charge in [-0.3, -0.25) is 9.48 Å². The van der Waals surface area contributed by atoms with E-state index in [9.17, 15) is 26.7 Å². The lowest BCUT2D eigenvalue weighted by atomic mass is 9.82. The fraction of sp³-hybridized carbons (Fsp3) is 0.391. The standard InChI is InChI=1S/C46H52BrF2N3O8S2/c1-31(43(54)59-6)25-32-9-7-10-34(26-32)45(4,19-8-18-44(2,3)30-61(55,56)24-23-53)52-22-17-40(50-52)38-29-37(11-13-39(38)48)60-36-12-14-41-33(27-36)16-21-51(41)62(57,58)46(5)20-15-35(47)28-42(46)49/h7,9-17,21-22,26-29,31,53H,8,18-20,23-25,30H2,1-6H3/t31-,45?,46?/m1/s1. The van der Waals surface area contributed by atoms with Crippen LogP contribution in [0.1, 0.15) is 71.4 Å². The van der Waals surface area contributed by atoms with Crippen molar-refractivity contribution in [3.8, 4) is 22.8 Å². The van der Waals surface area contributed by atoms with Crippen molar-refractivity contribution in [2.45, 2.75) is 77.0 Å². The fourth-order valence-corrected chi connectivity index (χ4v) is 11.8. The van der Waals surface area contributed by atoms with Crippen LogP contribution in [0, 0.1) is 17.2 Å². The Morgan fingerprint density at radius 1 is 0.984 bits per heavy atom. The third-order valence-electron chi connectivity index (χ3n) is 11.7. The van der Waals surface area contributed by atoms with Crippen molar-refractivity contribution in [3.05, 3.63) is 125 Å². The first-order valence-corrected chi connectivity index (χ1v) is 24.3. The Bertz CT molecular complexity index is 2760. The molecule has 0 fully saturated rings. The Labute approximate surface area is 370 Å². The van der Waals surface area contributed by atoms with Crippen molar-refractivity contribution < 1.29 is 45.0 Å². The van der Waals surface area contributed by atoms with Gasteiger partial charge in [-0.2, -0.15) is 5.10 Å². The zero-order valence-corrected chi connectivity index (χ0v) is 38.8. The third-order valence-corrected chi connectivity index (χ3v) is 16.6. The first kappa shape index (κ1) is 46.9. The first-order valence-electron chi connectivity index (χ1n) is 20.2. The number of rotatable bonds is 18. The number of aromatic nitrogens is 3. The molecular formula is C46H52BrF2N3O8S2. The lowest BCUT2D eigenvalue weighted by molar-refractivity contribution is -0.144. The van der Waals surface area contributed by atoms with E-state index in [1.54, 1.807) is 54.2 Å². The van der Waals surface area contributed by atoms with Gasteiger partial charge in [0.15, 0.2) is 9.84 Å². The van der Waals surface area contributed by atoms with E-state index >= 15 is 8.78 Å². The van der Waals surface area contributed by atoms with Crippen LogP contribution in [0.2, 0.25) is 0 Å². The molecule has 11 nitrogen and oxygen atoms in total. The second-order valence-electron chi connectivity index (χ2n) is 17.2. The monoisotopic (exact) mass is 955 g/mol.